The second-order valence-corrected chi connectivity index (χ2v) is 8.18. The number of likely N-dealkylation sites (tertiary alicyclic amines) is 1. The lowest BCUT2D eigenvalue weighted by atomic mass is 10.1. The van der Waals surface area contributed by atoms with Crippen molar-refractivity contribution in [1.82, 2.24) is 4.90 Å². The van der Waals surface area contributed by atoms with Gasteiger partial charge >= 0.3 is 6.18 Å². The Kier molecular flexibility index (Phi) is 5.86. The van der Waals surface area contributed by atoms with Gasteiger partial charge in [-0.3, -0.25) is 4.90 Å². The molecule has 2 atom stereocenters. The Labute approximate surface area is 117 Å². The molecule has 0 spiro atoms. The summed E-state index contributed by atoms with van der Waals surface area (Å²) in [6.45, 7) is 3.91. The summed E-state index contributed by atoms with van der Waals surface area (Å²) in [5.74, 6) is -0.0317. The average Bonchev–Trinajstić information content (AvgIpc) is 2.74. The first-order valence-corrected chi connectivity index (χ1v) is 8.47. The monoisotopic (exact) mass is 317 g/mol. The zero-order valence-electron chi connectivity index (χ0n) is 11.7. The van der Waals surface area contributed by atoms with Gasteiger partial charge in [0.1, 0.15) is 0 Å². The molecule has 0 aromatic rings. The number of alkyl halides is 3. The fourth-order valence-corrected chi connectivity index (χ4v) is 3.41. The molecule has 1 rings (SSSR count). The lowest BCUT2D eigenvalue weighted by Gasteiger charge is -2.29. The fraction of sp³-hybridized carbons (Fsp3) is 1.00. The fourth-order valence-electron chi connectivity index (χ4n) is 2.41. The van der Waals surface area contributed by atoms with Crippen LogP contribution in [0.2, 0.25) is 0 Å². The Hall–Kier alpha value is -0.340. The smallest absolute Gasteiger partial charge is 0.382 e. The number of halogens is 3. The van der Waals surface area contributed by atoms with Crippen molar-refractivity contribution in [3.05, 3.63) is 0 Å². The third-order valence-corrected chi connectivity index (χ3v) is 6.00. The highest BCUT2D eigenvalue weighted by atomic mass is 32.2. The van der Waals surface area contributed by atoms with Crippen molar-refractivity contribution in [2.75, 3.05) is 18.8 Å². The van der Waals surface area contributed by atoms with Gasteiger partial charge in [-0.25, -0.2) is 8.42 Å². The Morgan fingerprint density at radius 3 is 2.45 bits per heavy atom. The van der Waals surface area contributed by atoms with Crippen molar-refractivity contribution in [1.29, 1.82) is 0 Å². The Morgan fingerprint density at radius 1 is 1.35 bits per heavy atom. The molecule has 4 nitrogen and oxygen atoms in total. The van der Waals surface area contributed by atoms with Crippen LogP contribution in [0.15, 0.2) is 0 Å². The minimum Gasteiger partial charge on any atom is -0.382 e. The van der Waals surface area contributed by atoms with Crippen molar-refractivity contribution in [3.63, 3.8) is 0 Å². The van der Waals surface area contributed by atoms with Crippen LogP contribution in [0.1, 0.15) is 33.1 Å². The predicted molar refractivity (Wildman–Crippen MR) is 70.2 cm³/mol. The number of nitrogens with zero attached hydrogens (tertiary/aromatic N) is 1. The lowest BCUT2D eigenvalue weighted by molar-refractivity contribution is -0.219. The molecule has 0 unspecified atom stereocenters. The summed E-state index contributed by atoms with van der Waals surface area (Å²) in [4.78, 5) is 1.55. The molecule has 1 aliphatic rings. The Bertz CT molecular complexity index is 409. The van der Waals surface area contributed by atoms with E-state index in [1.54, 1.807) is 18.7 Å². The van der Waals surface area contributed by atoms with Crippen LogP contribution in [-0.2, 0) is 9.84 Å². The molecule has 0 amide bonds. The van der Waals surface area contributed by atoms with Gasteiger partial charge in [0.25, 0.3) is 0 Å². The molecule has 20 heavy (non-hydrogen) atoms. The van der Waals surface area contributed by atoms with Crippen LogP contribution in [-0.4, -0.2) is 60.8 Å². The molecule has 0 saturated carbocycles. The van der Waals surface area contributed by atoms with Crippen molar-refractivity contribution >= 4 is 9.84 Å². The van der Waals surface area contributed by atoms with E-state index in [9.17, 15) is 26.7 Å². The molecule has 0 aromatic carbocycles. The van der Waals surface area contributed by atoms with E-state index in [4.69, 9.17) is 0 Å². The summed E-state index contributed by atoms with van der Waals surface area (Å²) in [7, 11) is -3.17. The van der Waals surface area contributed by atoms with Crippen LogP contribution < -0.4 is 0 Å². The normalized spacial score (nSPS) is 23.4. The molecule has 0 bridgehead atoms. The molecular weight excluding hydrogens is 295 g/mol. The molecular formula is C12H22F3NO3S. The summed E-state index contributed by atoms with van der Waals surface area (Å²) in [5.41, 5.74) is 0. The largest absolute Gasteiger partial charge is 0.415 e. The van der Waals surface area contributed by atoms with Crippen LogP contribution in [0.25, 0.3) is 0 Å². The maximum Gasteiger partial charge on any atom is 0.415 e. The van der Waals surface area contributed by atoms with Gasteiger partial charge in [-0.05, 0) is 46.2 Å². The van der Waals surface area contributed by atoms with Gasteiger partial charge in [-0.15, -0.1) is 0 Å². The van der Waals surface area contributed by atoms with Gasteiger partial charge in [0.2, 0.25) is 0 Å². The van der Waals surface area contributed by atoms with Crippen LogP contribution >= 0.6 is 0 Å². The second-order valence-electron chi connectivity index (χ2n) is 5.50. The number of rotatable bonds is 6. The van der Waals surface area contributed by atoms with E-state index in [0.29, 0.717) is 19.4 Å². The summed E-state index contributed by atoms with van der Waals surface area (Å²) in [5, 5.41) is 8.84. The molecule has 1 N–H and O–H groups in total. The molecule has 1 heterocycles. The van der Waals surface area contributed by atoms with Gasteiger partial charge in [0, 0.05) is 6.04 Å². The third kappa shape index (κ3) is 4.60. The number of hydrogen-bond acceptors (Lipinski definition) is 4. The number of sulfone groups is 1. The third-order valence-electron chi connectivity index (χ3n) is 3.71. The first-order valence-electron chi connectivity index (χ1n) is 6.76. The first-order chi connectivity index (χ1) is 9.05. The highest BCUT2D eigenvalue weighted by molar-refractivity contribution is 7.91. The summed E-state index contributed by atoms with van der Waals surface area (Å²) in [6.07, 6.45) is -5.81. The number of hydrogen-bond donors (Lipinski definition) is 1. The van der Waals surface area contributed by atoms with E-state index in [1.807, 2.05) is 0 Å². The van der Waals surface area contributed by atoms with Crippen molar-refractivity contribution in [2.24, 2.45) is 0 Å². The highest BCUT2D eigenvalue weighted by Crippen LogP contribution is 2.30. The van der Waals surface area contributed by atoms with E-state index in [2.05, 4.69) is 0 Å². The van der Waals surface area contributed by atoms with Gasteiger partial charge in [0.05, 0.1) is 11.0 Å². The molecule has 0 aliphatic carbocycles. The van der Waals surface area contributed by atoms with Crippen molar-refractivity contribution in [3.8, 4) is 0 Å². The molecule has 1 aliphatic heterocycles. The quantitative estimate of drug-likeness (QED) is 0.808. The summed E-state index contributed by atoms with van der Waals surface area (Å²) < 4.78 is 60.8. The zero-order chi connectivity index (χ0) is 15.6. The predicted octanol–water partition coefficient (Wildman–Crippen LogP) is 1.59. The van der Waals surface area contributed by atoms with E-state index < -0.39 is 33.4 Å². The Balaban J connectivity index is 2.51. The maximum atomic E-state index is 12.5. The second kappa shape index (κ2) is 6.62. The van der Waals surface area contributed by atoms with Crippen LogP contribution in [0.5, 0.6) is 0 Å². The number of aliphatic hydroxyl groups excluding tert-OH is 1. The van der Waals surface area contributed by atoms with Crippen molar-refractivity contribution in [2.45, 2.75) is 56.7 Å². The minimum absolute atomic E-state index is 0.0317. The molecule has 8 heteroatoms. The van der Waals surface area contributed by atoms with E-state index in [-0.39, 0.29) is 18.7 Å². The lowest BCUT2D eigenvalue weighted by Crippen LogP contribution is -2.47. The van der Waals surface area contributed by atoms with E-state index >= 15 is 0 Å². The molecule has 1 saturated heterocycles. The average molecular weight is 317 g/mol. The molecule has 0 radical (unpaired) electrons. The summed E-state index contributed by atoms with van der Waals surface area (Å²) in [6, 6.07) is -0.947. The SMILES string of the molecule is CC(C)S(=O)(=O)CCCN1CCC[C@H]1[C@@H](O)C(F)(F)F. The minimum atomic E-state index is -4.63. The van der Waals surface area contributed by atoms with Crippen LogP contribution in [0.3, 0.4) is 0 Å². The maximum absolute atomic E-state index is 12.5. The molecule has 1 fully saturated rings. The van der Waals surface area contributed by atoms with E-state index in [1.165, 1.54) is 0 Å². The highest BCUT2D eigenvalue weighted by Gasteiger charge is 2.46. The zero-order valence-corrected chi connectivity index (χ0v) is 12.5. The summed E-state index contributed by atoms with van der Waals surface area (Å²) >= 11 is 0. The number of aliphatic hydroxyl groups is 1. The van der Waals surface area contributed by atoms with Crippen LogP contribution in [0, 0.1) is 0 Å². The Morgan fingerprint density at radius 2 is 1.95 bits per heavy atom. The van der Waals surface area contributed by atoms with Crippen molar-refractivity contribution < 1.29 is 26.7 Å². The van der Waals surface area contributed by atoms with E-state index in [0.717, 1.165) is 0 Å². The van der Waals surface area contributed by atoms with Gasteiger partial charge in [-0.1, -0.05) is 0 Å². The topological polar surface area (TPSA) is 57.6 Å². The standard InChI is InChI=1S/C12H22F3NO3S/c1-9(2)20(18,19)8-4-7-16-6-3-5-10(16)11(17)12(13,14)15/h9-11,17H,3-8H2,1-2H3/t10-,11+/m0/s1. The first kappa shape index (κ1) is 17.7. The molecule has 0 aromatic heterocycles. The van der Waals surface area contributed by atoms with Gasteiger partial charge in [-0.2, -0.15) is 13.2 Å². The van der Waals surface area contributed by atoms with Crippen LogP contribution in [0.4, 0.5) is 13.2 Å². The van der Waals surface area contributed by atoms with Gasteiger partial charge < -0.3 is 5.11 Å². The van der Waals surface area contributed by atoms with Gasteiger partial charge in [0.15, 0.2) is 15.9 Å². The molecule has 120 valence electrons.